The second-order valence-corrected chi connectivity index (χ2v) is 1.41. The highest BCUT2D eigenvalue weighted by molar-refractivity contribution is 5.35. The minimum Gasteiger partial charge on any atom is -0.399 e. The van der Waals surface area contributed by atoms with E-state index < -0.39 is 0 Å². The van der Waals surface area contributed by atoms with Crippen molar-refractivity contribution in [1.82, 2.24) is 0 Å². The molecule has 1 aromatic carbocycles. The summed E-state index contributed by atoms with van der Waals surface area (Å²) >= 11 is 0. The molecule has 1 aromatic rings. The summed E-state index contributed by atoms with van der Waals surface area (Å²) in [4.78, 5) is 0. The molecule has 0 saturated carbocycles. The smallest absolute Gasteiger partial charge is 0.0313 e. The Hall–Kier alpha value is -0.980. The van der Waals surface area contributed by atoms with Crippen LogP contribution in [0.5, 0.6) is 0 Å². The summed E-state index contributed by atoms with van der Waals surface area (Å²) in [5.74, 6) is 0. The van der Waals surface area contributed by atoms with Gasteiger partial charge < -0.3 is 5.73 Å². The Kier molecular flexibility index (Phi) is 23.7. The van der Waals surface area contributed by atoms with Crippen LogP contribution in [0.4, 0.5) is 5.69 Å². The van der Waals surface area contributed by atoms with Crippen LogP contribution < -0.4 is 5.73 Å². The summed E-state index contributed by atoms with van der Waals surface area (Å²) < 4.78 is 0. The monoisotopic (exact) mass is 169 g/mol. The second-order valence-electron chi connectivity index (χ2n) is 1.41. The highest BCUT2D eigenvalue weighted by Crippen LogP contribution is 1.95. The van der Waals surface area contributed by atoms with Gasteiger partial charge in [0, 0.05) is 5.69 Å². The lowest BCUT2D eigenvalue weighted by Crippen LogP contribution is -1.79. The zero-order valence-electron chi connectivity index (χ0n) is 7.96. The maximum atomic E-state index is 5.36. The van der Waals surface area contributed by atoms with Gasteiger partial charge in [0.2, 0.25) is 0 Å². The van der Waals surface area contributed by atoms with E-state index in [2.05, 4.69) is 0 Å². The molecule has 0 radical (unpaired) electrons. The minimum atomic E-state index is 0. The van der Waals surface area contributed by atoms with E-state index in [1.165, 1.54) is 0 Å². The first kappa shape index (κ1) is 17.2. The maximum Gasteiger partial charge on any atom is 0.0313 e. The van der Waals surface area contributed by atoms with Crippen molar-refractivity contribution in [2.45, 2.75) is 35.1 Å². The quantitative estimate of drug-likeness (QED) is 0.584. The molecule has 0 amide bonds. The molecule has 0 aliphatic rings. The predicted octanol–water partition coefficient (Wildman–Crippen LogP) is 3.96. The van der Waals surface area contributed by atoms with Crippen molar-refractivity contribution in [3.63, 3.8) is 0 Å². The molecule has 0 spiro atoms. The van der Waals surface area contributed by atoms with Crippen molar-refractivity contribution < 1.29 is 0 Å². The Labute approximate surface area is 77.6 Å². The van der Waals surface area contributed by atoms with Crippen LogP contribution in [-0.4, -0.2) is 0 Å². The molecule has 0 atom stereocenters. The number of anilines is 1. The lowest BCUT2D eigenvalue weighted by Gasteiger charge is -1.83. The normalized spacial score (nSPS) is 6.00. The number of nitrogens with two attached hydrogens (primary N) is 1. The molecule has 0 fully saturated rings. The van der Waals surface area contributed by atoms with Crippen LogP contribution in [0.25, 0.3) is 0 Å². The average Bonchev–Trinajstić information content (AvgIpc) is 2.13. The van der Waals surface area contributed by atoms with E-state index in [9.17, 15) is 0 Å². The third-order valence-electron chi connectivity index (χ3n) is 0.800. The van der Waals surface area contributed by atoms with Crippen LogP contribution in [0.3, 0.4) is 0 Å². The summed E-state index contributed by atoms with van der Waals surface area (Å²) in [5, 5.41) is 0. The molecule has 0 aliphatic carbocycles. The van der Waals surface area contributed by atoms with Crippen LogP contribution >= 0.6 is 0 Å². The fraction of sp³-hybridized carbons (Fsp3) is 0.455. The molecule has 2 N–H and O–H groups in total. The lowest BCUT2D eigenvalue weighted by molar-refractivity contribution is 1.50. The summed E-state index contributed by atoms with van der Waals surface area (Å²) in [7, 11) is 0. The molecule has 0 aromatic heterocycles. The molecule has 12 heavy (non-hydrogen) atoms. The molecule has 1 nitrogen and oxygen atoms in total. The number of benzene rings is 1. The number of nitrogen functional groups attached to an aromatic ring is 1. The largest absolute Gasteiger partial charge is 0.399 e. The van der Waals surface area contributed by atoms with Gasteiger partial charge in [-0.1, -0.05) is 53.3 Å². The summed E-state index contributed by atoms with van der Waals surface area (Å²) in [6.45, 7) is 8.00. The first-order valence-corrected chi connectivity index (χ1v) is 4.20. The Bertz CT molecular complexity index is 135. The van der Waals surface area contributed by atoms with Crippen molar-refractivity contribution in [2.24, 2.45) is 0 Å². The molecular weight excluding hydrogens is 146 g/mol. The van der Waals surface area contributed by atoms with Crippen molar-refractivity contribution in [3.8, 4) is 0 Å². The number of hydrogen-bond acceptors (Lipinski definition) is 1. The van der Waals surface area contributed by atoms with Crippen molar-refractivity contribution in [3.05, 3.63) is 30.3 Å². The topological polar surface area (TPSA) is 26.0 Å². The van der Waals surface area contributed by atoms with Gasteiger partial charge in [-0.2, -0.15) is 0 Å². The van der Waals surface area contributed by atoms with Crippen LogP contribution in [0.15, 0.2) is 30.3 Å². The fourth-order valence-corrected chi connectivity index (χ4v) is 0.453. The van der Waals surface area contributed by atoms with Gasteiger partial charge in [-0.3, -0.25) is 0 Å². The van der Waals surface area contributed by atoms with E-state index in [0.717, 1.165) is 5.69 Å². The van der Waals surface area contributed by atoms with E-state index in [1.54, 1.807) is 0 Å². The van der Waals surface area contributed by atoms with Crippen molar-refractivity contribution >= 4 is 5.69 Å². The molecule has 72 valence electrons. The zero-order chi connectivity index (χ0) is 9.11. The first-order valence-electron chi connectivity index (χ1n) is 4.20. The van der Waals surface area contributed by atoms with Crippen molar-refractivity contribution in [2.75, 3.05) is 5.73 Å². The van der Waals surface area contributed by atoms with Gasteiger partial charge in [0.25, 0.3) is 0 Å². The SMILES string of the molecule is C.CC.CC.Nc1ccccc1. The fourth-order valence-electron chi connectivity index (χ4n) is 0.453. The van der Waals surface area contributed by atoms with E-state index in [1.807, 2.05) is 58.0 Å². The van der Waals surface area contributed by atoms with Gasteiger partial charge in [-0.25, -0.2) is 0 Å². The number of para-hydroxylation sites is 1. The standard InChI is InChI=1S/C6H7N.2C2H6.CH4/c7-6-4-2-1-3-5-6;2*1-2;/h1-5H,7H2;2*1-2H3;1H4. The Morgan fingerprint density at radius 2 is 1.17 bits per heavy atom. The van der Waals surface area contributed by atoms with E-state index in [0.29, 0.717) is 0 Å². The van der Waals surface area contributed by atoms with Gasteiger partial charge in [0.1, 0.15) is 0 Å². The molecule has 1 rings (SSSR count). The summed E-state index contributed by atoms with van der Waals surface area (Å²) in [6, 6.07) is 9.49. The van der Waals surface area contributed by atoms with Gasteiger partial charge >= 0.3 is 0 Å². The van der Waals surface area contributed by atoms with Crippen LogP contribution in [0.1, 0.15) is 35.1 Å². The van der Waals surface area contributed by atoms with Crippen LogP contribution in [0, 0.1) is 0 Å². The minimum absolute atomic E-state index is 0. The predicted molar refractivity (Wildman–Crippen MR) is 60.3 cm³/mol. The molecule has 0 bridgehead atoms. The molecule has 1 heteroatoms. The zero-order valence-corrected chi connectivity index (χ0v) is 7.96. The molecule has 0 aliphatic heterocycles. The van der Waals surface area contributed by atoms with E-state index in [-0.39, 0.29) is 7.43 Å². The second kappa shape index (κ2) is 16.5. The molecule has 0 saturated heterocycles. The van der Waals surface area contributed by atoms with Gasteiger partial charge in [-0.05, 0) is 12.1 Å². The third-order valence-corrected chi connectivity index (χ3v) is 0.800. The van der Waals surface area contributed by atoms with Gasteiger partial charge in [0.15, 0.2) is 0 Å². The van der Waals surface area contributed by atoms with Crippen LogP contribution in [0.2, 0.25) is 0 Å². The Balaban J connectivity index is -0.000000144. The van der Waals surface area contributed by atoms with E-state index >= 15 is 0 Å². The number of rotatable bonds is 0. The molecule has 0 unspecified atom stereocenters. The molecule has 0 heterocycles. The lowest BCUT2D eigenvalue weighted by atomic mass is 10.3. The summed E-state index contributed by atoms with van der Waals surface area (Å²) in [6.07, 6.45) is 0. The maximum absolute atomic E-state index is 5.36. The van der Waals surface area contributed by atoms with Gasteiger partial charge in [-0.15, -0.1) is 0 Å². The van der Waals surface area contributed by atoms with Crippen LogP contribution in [-0.2, 0) is 0 Å². The molecular formula is C11H23N. The van der Waals surface area contributed by atoms with Gasteiger partial charge in [0.05, 0.1) is 0 Å². The summed E-state index contributed by atoms with van der Waals surface area (Å²) in [5.41, 5.74) is 6.18. The highest BCUT2D eigenvalue weighted by Gasteiger charge is 1.72. The Morgan fingerprint density at radius 3 is 1.33 bits per heavy atom. The Morgan fingerprint density at radius 1 is 0.833 bits per heavy atom. The first-order chi connectivity index (χ1) is 5.39. The average molecular weight is 169 g/mol. The third kappa shape index (κ3) is 11.8. The van der Waals surface area contributed by atoms with Crippen molar-refractivity contribution in [1.29, 1.82) is 0 Å². The number of hydrogen-bond donors (Lipinski definition) is 1. The van der Waals surface area contributed by atoms with E-state index in [4.69, 9.17) is 5.73 Å². The highest BCUT2D eigenvalue weighted by atomic mass is 14.5.